The van der Waals surface area contributed by atoms with Crippen LogP contribution in [-0.2, 0) is 5.41 Å². The van der Waals surface area contributed by atoms with E-state index in [0.717, 1.165) is 25.7 Å². The largest absolute Gasteiger partial charge is 0.122 e. The molecule has 0 saturated carbocycles. The molecule has 1 spiro atoms. The Labute approximate surface area is 254 Å². The van der Waals surface area contributed by atoms with E-state index < -0.39 is 0 Å². The fraction of sp³-hybridized carbons (Fsp3) is 0.333. The minimum absolute atomic E-state index is 0.0144. The monoisotopic (exact) mass is 570 g/mol. The highest BCUT2D eigenvalue weighted by Crippen LogP contribution is 2.71. The van der Waals surface area contributed by atoms with Crippen LogP contribution >= 0.6 is 23.5 Å². The number of rotatable bonds is 2. The molecule has 41 heavy (non-hydrogen) atoms. The quantitative estimate of drug-likeness (QED) is 0.329. The van der Waals surface area contributed by atoms with Crippen molar-refractivity contribution in [2.24, 2.45) is 11.3 Å². The van der Waals surface area contributed by atoms with E-state index in [9.17, 15) is 0 Å². The van der Waals surface area contributed by atoms with E-state index in [1.807, 2.05) is 0 Å². The molecule has 2 aromatic carbocycles. The van der Waals surface area contributed by atoms with Gasteiger partial charge in [-0.05, 0) is 94.6 Å². The van der Waals surface area contributed by atoms with Crippen molar-refractivity contribution in [2.75, 3.05) is 0 Å². The molecule has 8 rings (SSSR count). The molecule has 0 N–H and O–H groups in total. The van der Waals surface area contributed by atoms with Crippen LogP contribution in [-0.4, -0.2) is 10.00 Å². The Morgan fingerprint density at radius 1 is 0.854 bits per heavy atom. The molecule has 0 radical (unpaired) electrons. The molecule has 0 amide bonds. The van der Waals surface area contributed by atoms with Gasteiger partial charge in [0, 0.05) is 20.8 Å². The first-order chi connectivity index (χ1) is 20.0. The van der Waals surface area contributed by atoms with Crippen molar-refractivity contribution in [2.45, 2.75) is 67.8 Å². The first-order valence-corrected chi connectivity index (χ1v) is 17.1. The second-order valence-corrected chi connectivity index (χ2v) is 15.9. The van der Waals surface area contributed by atoms with Crippen molar-refractivity contribution >= 4 is 29.1 Å². The molecular weight excluding hydrogens is 533 g/mol. The average Bonchev–Trinajstić information content (AvgIpc) is 3.01. The molecule has 2 heterocycles. The van der Waals surface area contributed by atoms with Gasteiger partial charge in [-0.25, -0.2) is 0 Å². The standard InChI is InChI=1S/C39H38S2/c1-37(29-15-7-4-8-16-29)24-22-31-35(26-37)41-38(2)23-12-11-19-36(38)39(31)30-17-9-10-18-33(30)40-34-21-20-28(25-32(34)39)27-13-5-3-6-14-27/h3-8,10-16,18-19,22,24-25,30,33H,9,17,20-21,23,26H2,1-2H3/t30?,33-,37-,38?,39?/m0/s1. The van der Waals surface area contributed by atoms with Gasteiger partial charge in [0.2, 0.25) is 0 Å². The van der Waals surface area contributed by atoms with Gasteiger partial charge in [0.05, 0.1) is 0 Å². The van der Waals surface area contributed by atoms with E-state index in [2.05, 4.69) is 147 Å². The lowest BCUT2D eigenvalue weighted by atomic mass is 9.52. The summed E-state index contributed by atoms with van der Waals surface area (Å²) in [5, 5.41) is 0.540. The van der Waals surface area contributed by atoms with E-state index in [0.29, 0.717) is 11.2 Å². The Balaban J connectivity index is 1.39. The second-order valence-electron chi connectivity index (χ2n) is 13.1. The summed E-state index contributed by atoms with van der Waals surface area (Å²) in [4.78, 5) is 3.26. The lowest BCUT2D eigenvalue weighted by Crippen LogP contribution is -2.52. The predicted molar refractivity (Wildman–Crippen MR) is 179 cm³/mol. The van der Waals surface area contributed by atoms with Crippen molar-refractivity contribution in [1.29, 1.82) is 0 Å². The zero-order chi connectivity index (χ0) is 27.7. The van der Waals surface area contributed by atoms with Crippen LogP contribution in [0.2, 0.25) is 0 Å². The minimum atomic E-state index is -0.0783. The topological polar surface area (TPSA) is 0 Å². The molecule has 0 fully saturated rings. The van der Waals surface area contributed by atoms with Gasteiger partial charge in [-0.2, -0.15) is 0 Å². The maximum Gasteiger partial charge on any atom is 0.0485 e. The summed E-state index contributed by atoms with van der Waals surface area (Å²) >= 11 is 4.37. The molecule has 2 heteroatoms. The minimum Gasteiger partial charge on any atom is -0.122 e. The van der Waals surface area contributed by atoms with Gasteiger partial charge < -0.3 is 0 Å². The van der Waals surface area contributed by atoms with Gasteiger partial charge >= 0.3 is 0 Å². The average molecular weight is 571 g/mol. The molecule has 0 saturated heterocycles. The molecule has 206 valence electrons. The van der Waals surface area contributed by atoms with Crippen LogP contribution in [0.4, 0.5) is 0 Å². The molecule has 2 aromatic rings. The number of allylic oxidation sites excluding steroid dienone is 12. The number of fused-ring (bicyclic) bond motifs is 6. The maximum absolute atomic E-state index is 2.66. The van der Waals surface area contributed by atoms with Crippen molar-refractivity contribution in [3.63, 3.8) is 0 Å². The van der Waals surface area contributed by atoms with Gasteiger partial charge in [0.25, 0.3) is 0 Å². The smallest absolute Gasteiger partial charge is 0.0485 e. The van der Waals surface area contributed by atoms with Crippen molar-refractivity contribution in [3.05, 3.63) is 147 Å². The molecule has 0 aromatic heterocycles. The number of hydrogen-bond acceptors (Lipinski definition) is 2. The van der Waals surface area contributed by atoms with Crippen molar-refractivity contribution in [1.82, 2.24) is 0 Å². The Morgan fingerprint density at radius 2 is 1.66 bits per heavy atom. The van der Waals surface area contributed by atoms with E-state index in [1.165, 1.54) is 29.5 Å². The fourth-order valence-electron chi connectivity index (χ4n) is 8.60. The number of benzene rings is 2. The lowest BCUT2D eigenvalue weighted by Gasteiger charge is -2.60. The highest BCUT2D eigenvalue weighted by Gasteiger charge is 2.61. The molecule has 5 atom stereocenters. The molecule has 0 bridgehead atoms. The van der Waals surface area contributed by atoms with Gasteiger partial charge in [0.1, 0.15) is 0 Å². The molecule has 3 unspecified atom stereocenters. The van der Waals surface area contributed by atoms with Crippen LogP contribution < -0.4 is 0 Å². The molecular formula is C39H38S2. The number of hydrogen-bond donors (Lipinski definition) is 0. The fourth-order valence-corrected chi connectivity index (χ4v) is 12.0. The predicted octanol–water partition coefficient (Wildman–Crippen LogP) is 10.7. The number of thioether (sulfide) groups is 2. The molecule has 4 aliphatic carbocycles. The van der Waals surface area contributed by atoms with Crippen LogP contribution in [0, 0.1) is 11.3 Å². The van der Waals surface area contributed by atoms with E-state index in [-0.39, 0.29) is 15.6 Å². The second kappa shape index (κ2) is 9.68. The summed E-state index contributed by atoms with van der Waals surface area (Å²) in [5.41, 5.74) is 9.15. The van der Waals surface area contributed by atoms with Crippen LogP contribution in [0.3, 0.4) is 0 Å². The summed E-state index contributed by atoms with van der Waals surface area (Å²) < 4.78 is 0.0698. The summed E-state index contributed by atoms with van der Waals surface area (Å²) in [6.07, 6.45) is 27.1. The van der Waals surface area contributed by atoms with Crippen LogP contribution in [0.15, 0.2) is 136 Å². The zero-order valence-corrected chi connectivity index (χ0v) is 25.7. The van der Waals surface area contributed by atoms with Crippen molar-refractivity contribution in [3.8, 4) is 0 Å². The van der Waals surface area contributed by atoms with Gasteiger partial charge in [-0.15, -0.1) is 23.5 Å². The summed E-state index contributed by atoms with van der Waals surface area (Å²) in [6.45, 7) is 5.00. The highest BCUT2D eigenvalue weighted by atomic mass is 32.2. The van der Waals surface area contributed by atoms with Gasteiger partial charge in [0.15, 0.2) is 0 Å². The maximum atomic E-state index is 2.66. The molecule has 0 nitrogen and oxygen atoms in total. The summed E-state index contributed by atoms with van der Waals surface area (Å²) in [5.74, 6) is 0.566. The summed E-state index contributed by atoms with van der Waals surface area (Å²) in [7, 11) is 0. The SMILES string of the molecule is CC12CC=CC=C1C1(C3=C(CCC(c4ccccc4)=C3)S[C@H]3C=CCCC31)C1=C(C[C@@](C)(c3ccccc3)C=C1)S2. The third-order valence-electron chi connectivity index (χ3n) is 10.6. The summed E-state index contributed by atoms with van der Waals surface area (Å²) in [6, 6.07) is 22.4. The Morgan fingerprint density at radius 3 is 2.49 bits per heavy atom. The van der Waals surface area contributed by atoms with E-state index in [1.54, 1.807) is 26.5 Å². The highest BCUT2D eigenvalue weighted by molar-refractivity contribution is 8.04. The van der Waals surface area contributed by atoms with E-state index >= 15 is 0 Å². The normalized spacial score (nSPS) is 35.4. The van der Waals surface area contributed by atoms with Gasteiger partial charge in [-0.1, -0.05) is 116 Å². The first kappa shape index (κ1) is 26.0. The third-order valence-corrected chi connectivity index (χ3v) is 13.5. The Bertz CT molecular complexity index is 1610. The molecule has 2 aliphatic heterocycles. The Hall–Kier alpha value is -2.68. The molecule has 6 aliphatic rings. The first-order valence-electron chi connectivity index (χ1n) is 15.4. The zero-order valence-electron chi connectivity index (χ0n) is 24.1. The van der Waals surface area contributed by atoms with Crippen LogP contribution in [0.1, 0.15) is 63.5 Å². The lowest BCUT2D eigenvalue weighted by molar-refractivity contribution is 0.275. The third kappa shape index (κ3) is 3.90. The van der Waals surface area contributed by atoms with E-state index in [4.69, 9.17) is 0 Å². The Kier molecular flexibility index (Phi) is 6.13. The van der Waals surface area contributed by atoms with Crippen LogP contribution in [0.5, 0.6) is 0 Å². The van der Waals surface area contributed by atoms with Gasteiger partial charge in [-0.3, -0.25) is 0 Å². The van der Waals surface area contributed by atoms with Crippen molar-refractivity contribution < 1.29 is 0 Å². The van der Waals surface area contributed by atoms with Crippen LogP contribution in [0.25, 0.3) is 5.57 Å².